The third-order valence-electron chi connectivity index (χ3n) is 6.30. The van der Waals surface area contributed by atoms with Crippen LogP contribution in [0.25, 0.3) is 0 Å². The van der Waals surface area contributed by atoms with E-state index in [9.17, 15) is 21.6 Å². The van der Waals surface area contributed by atoms with Crippen molar-refractivity contribution in [1.29, 1.82) is 0 Å². The van der Waals surface area contributed by atoms with Crippen LogP contribution < -0.4 is 28.6 Å². The van der Waals surface area contributed by atoms with Crippen LogP contribution in [-0.4, -0.2) is 60.6 Å². The molecule has 0 radical (unpaired) electrons. The molecule has 2 N–H and O–H groups in total. The zero-order chi connectivity index (χ0) is 32.9. The monoisotopic (exact) mass is 675 g/mol. The first kappa shape index (κ1) is 33.3. The van der Waals surface area contributed by atoms with Crippen molar-refractivity contribution in [3.05, 3.63) is 83.1 Å². The second kappa shape index (κ2) is 13.6. The van der Waals surface area contributed by atoms with Crippen LogP contribution in [0.1, 0.15) is 11.4 Å². The predicted octanol–water partition coefficient (Wildman–Crippen LogP) is 4.41. The Morgan fingerprint density at radius 3 is 1.96 bits per heavy atom. The minimum Gasteiger partial charge on any atom is -0.495 e. The fraction of sp³-hybridized carbons (Fsp3) is 0.207. The Labute approximate surface area is 266 Å². The summed E-state index contributed by atoms with van der Waals surface area (Å²) in [4.78, 5) is 21.2. The number of halogens is 1. The van der Waals surface area contributed by atoms with Crippen molar-refractivity contribution in [1.82, 2.24) is 9.97 Å². The fourth-order valence-corrected chi connectivity index (χ4v) is 6.81. The second-order valence-corrected chi connectivity index (χ2v) is 13.5. The molecule has 0 aliphatic carbocycles. The zero-order valence-corrected chi connectivity index (χ0v) is 27.2. The molecule has 4 rings (SSSR count). The van der Waals surface area contributed by atoms with Crippen molar-refractivity contribution in [3.8, 4) is 17.2 Å². The SMILES string of the molecule is COc1ccc(S(=O)(=O)N(CC(=O)Nc2ccc(S(=O)(=O)Nc3nc(C)cc(C)n3)cc2)c2cc(Cl)ccc2OC)cc1OC. The van der Waals surface area contributed by atoms with E-state index >= 15 is 0 Å². The van der Waals surface area contributed by atoms with Gasteiger partial charge in [-0.1, -0.05) is 11.6 Å². The van der Waals surface area contributed by atoms with Gasteiger partial charge in [0.25, 0.3) is 20.0 Å². The molecule has 238 valence electrons. The summed E-state index contributed by atoms with van der Waals surface area (Å²) in [6.45, 7) is 2.73. The first-order valence-electron chi connectivity index (χ1n) is 13.1. The largest absolute Gasteiger partial charge is 0.495 e. The molecule has 0 saturated heterocycles. The first-order chi connectivity index (χ1) is 21.3. The van der Waals surface area contributed by atoms with E-state index in [1.165, 1.54) is 82.0 Å². The molecule has 0 saturated carbocycles. The van der Waals surface area contributed by atoms with Gasteiger partial charge in [-0.05, 0) is 74.5 Å². The molecule has 16 heteroatoms. The number of nitrogens with zero attached hydrogens (tertiary/aromatic N) is 3. The summed E-state index contributed by atoms with van der Waals surface area (Å²) in [5.74, 6) is -0.195. The molecule has 13 nitrogen and oxygen atoms in total. The van der Waals surface area contributed by atoms with Gasteiger partial charge in [0, 0.05) is 28.2 Å². The van der Waals surface area contributed by atoms with E-state index in [1.54, 1.807) is 19.9 Å². The zero-order valence-electron chi connectivity index (χ0n) is 24.9. The van der Waals surface area contributed by atoms with Gasteiger partial charge in [-0.15, -0.1) is 0 Å². The van der Waals surface area contributed by atoms with E-state index in [0.29, 0.717) is 17.1 Å². The molecule has 4 aromatic rings. The van der Waals surface area contributed by atoms with Crippen LogP contribution >= 0.6 is 11.6 Å². The molecule has 1 amide bonds. The summed E-state index contributed by atoms with van der Waals surface area (Å²) in [6.07, 6.45) is 0. The maximum Gasteiger partial charge on any atom is 0.265 e. The number of benzene rings is 3. The Bertz CT molecular complexity index is 1920. The van der Waals surface area contributed by atoms with E-state index in [4.69, 9.17) is 25.8 Å². The number of ether oxygens (including phenoxy) is 3. The summed E-state index contributed by atoms with van der Waals surface area (Å²) in [5.41, 5.74) is 1.41. The Kier molecular flexibility index (Phi) is 10.1. The smallest absolute Gasteiger partial charge is 0.265 e. The number of hydrogen-bond donors (Lipinski definition) is 2. The summed E-state index contributed by atoms with van der Waals surface area (Å²) in [7, 11) is -4.32. The number of carbonyl (C=O) groups is 1. The Morgan fingerprint density at radius 2 is 1.36 bits per heavy atom. The highest BCUT2D eigenvalue weighted by Gasteiger charge is 2.31. The number of methoxy groups -OCH3 is 3. The number of aryl methyl sites for hydroxylation is 2. The van der Waals surface area contributed by atoms with E-state index in [1.807, 2.05) is 0 Å². The Hall–Kier alpha value is -4.60. The van der Waals surface area contributed by atoms with Gasteiger partial charge in [-0.2, -0.15) is 0 Å². The molecule has 0 aliphatic rings. The average Bonchev–Trinajstić information content (AvgIpc) is 2.98. The van der Waals surface area contributed by atoms with Crippen molar-refractivity contribution in [2.75, 3.05) is 42.2 Å². The predicted molar refractivity (Wildman–Crippen MR) is 169 cm³/mol. The van der Waals surface area contributed by atoms with E-state index in [-0.39, 0.29) is 43.6 Å². The number of amides is 1. The molecule has 1 aromatic heterocycles. The Balaban J connectivity index is 1.62. The van der Waals surface area contributed by atoms with Crippen LogP contribution in [0.3, 0.4) is 0 Å². The quantitative estimate of drug-likeness (QED) is 0.220. The van der Waals surface area contributed by atoms with Crippen LogP contribution in [0.15, 0.2) is 76.5 Å². The van der Waals surface area contributed by atoms with Crippen LogP contribution in [-0.2, 0) is 24.8 Å². The molecule has 1 heterocycles. The molecule has 0 unspecified atom stereocenters. The van der Waals surface area contributed by atoms with Crippen LogP contribution in [0, 0.1) is 13.8 Å². The lowest BCUT2D eigenvalue weighted by Crippen LogP contribution is -2.38. The minimum atomic E-state index is -4.41. The summed E-state index contributed by atoms with van der Waals surface area (Å²) in [6, 6.07) is 15.3. The van der Waals surface area contributed by atoms with Gasteiger partial charge < -0.3 is 19.5 Å². The molecular weight excluding hydrogens is 646 g/mol. The summed E-state index contributed by atoms with van der Waals surface area (Å²) >= 11 is 6.21. The fourth-order valence-electron chi connectivity index (χ4n) is 4.26. The van der Waals surface area contributed by atoms with Gasteiger partial charge in [-0.25, -0.2) is 31.5 Å². The standard InChI is InChI=1S/C29H30ClN5O8S2/c1-18-14-19(2)32-29(31-18)34-44(37,38)22-9-7-21(8-10-22)33-28(36)17-35(24-15-20(30)6-12-25(24)41-3)45(39,40)23-11-13-26(42-4)27(16-23)43-5/h6-16H,17H2,1-5H3,(H,33,36)(H,31,32,34). The lowest BCUT2D eigenvalue weighted by Gasteiger charge is -2.26. The van der Waals surface area contributed by atoms with Crippen molar-refractivity contribution in [2.45, 2.75) is 23.6 Å². The van der Waals surface area contributed by atoms with Gasteiger partial charge >= 0.3 is 0 Å². The number of nitrogens with one attached hydrogen (secondary N) is 2. The summed E-state index contributed by atoms with van der Waals surface area (Å²) in [5, 5.41) is 2.80. The summed E-state index contributed by atoms with van der Waals surface area (Å²) < 4.78 is 72.8. The van der Waals surface area contributed by atoms with Gasteiger partial charge in [-0.3, -0.25) is 9.10 Å². The topological polar surface area (TPSA) is 166 Å². The highest BCUT2D eigenvalue weighted by atomic mass is 35.5. The van der Waals surface area contributed by atoms with Crippen LogP contribution in [0.2, 0.25) is 5.02 Å². The number of anilines is 3. The van der Waals surface area contributed by atoms with Gasteiger partial charge in [0.05, 0.1) is 36.8 Å². The third-order valence-corrected chi connectivity index (χ3v) is 9.63. The highest BCUT2D eigenvalue weighted by molar-refractivity contribution is 7.93. The second-order valence-electron chi connectivity index (χ2n) is 9.50. The lowest BCUT2D eigenvalue weighted by atomic mass is 10.3. The lowest BCUT2D eigenvalue weighted by molar-refractivity contribution is -0.114. The van der Waals surface area contributed by atoms with Gasteiger partial charge in [0.2, 0.25) is 11.9 Å². The normalized spacial score (nSPS) is 11.4. The number of carbonyl (C=O) groups excluding carboxylic acids is 1. The van der Waals surface area contributed by atoms with Crippen LogP contribution in [0.4, 0.5) is 17.3 Å². The molecule has 0 bridgehead atoms. The van der Waals surface area contributed by atoms with E-state index in [0.717, 1.165) is 4.31 Å². The van der Waals surface area contributed by atoms with Crippen LogP contribution in [0.5, 0.6) is 17.2 Å². The highest BCUT2D eigenvalue weighted by Crippen LogP contribution is 2.37. The number of sulfonamides is 2. The van der Waals surface area contributed by atoms with Gasteiger partial charge in [0.15, 0.2) is 11.5 Å². The first-order valence-corrected chi connectivity index (χ1v) is 16.4. The maximum absolute atomic E-state index is 14.0. The molecule has 0 fully saturated rings. The number of rotatable bonds is 12. The molecule has 0 aliphatic heterocycles. The molecule has 0 spiro atoms. The minimum absolute atomic E-state index is 0.0102. The third kappa shape index (κ3) is 7.74. The van der Waals surface area contributed by atoms with Crippen molar-refractivity contribution in [3.63, 3.8) is 0 Å². The average molecular weight is 676 g/mol. The van der Waals surface area contributed by atoms with Crippen molar-refractivity contribution < 1.29 is 35.8 Å². The molecule has 3 aromatic carbocycles. The van der Waals surface area contributed by atoms with E-state index < -0.39 is 32.5 Å². The molecule has 45 heavy (non-hydrogen) atoms. The number of aromatic nitrogens is 2. The Morgan fingerprint density at radius 1 is 0.778 bits per heavy atom. The van der Waals surface area contributed by atoms with Gasteiger partial charge in [0.1, 0.15) is 12.3 Å². The number of hydrogen-bond acceptors (Lipinski definition) is 10. The van der Waals surface area contributed by atoms with E-state index in [2.05, 4.69) is 20.0 Å². The van der Waals surface area contributed by atoms with Crippen molar-refractivity contribution >= 4 is 54.9 Å². The van der Waals surface area contributed by atoms with Crippen molar-refractivity contribution in [2.24, 2.45) is 0 Å². The molecule has 0 atom stereocenters. The maximum atomic E-state index is 14.0. The molecular formula is C29H30ClN5O8S2.